The van der Waals surface area contributed by atoms with E-state index in [2.05, 4.69) is 36.9 Å². The molecule has 0 radical (unpaired) electrons. The van der Waals surface area contributed by atoms with Crippen molar-refractivity contribution in [1.29, 1.82) is 0 Å². The Morgan fingerprint density at radius 2 is 1.41 bits per heavy atom. The molecule has 6 atom stereocenters. The molecule has 16 nitrogen and oxygen atoms in total. The highest BCUT2D eigenvalue weighted by atomic mass is 16.5. The number of amides is 7. The number of hydrogen-bond donors (Lipinski definition) is 7. The molecule has 0 bridgehead atoms. The number of fused-ring (bicyclic) bond motifs is 1. The second-order valence-electron chi connectivity index (χ2n) is 16.0. The molecule has 2 fully saturated rings. The van der Waals surface area contributed by atoms with Crippen LogP contribution in [-0.2, 0) is 46.4 Å². The van der Waals surface area contributed by atoms with E-state index in [1.165, 1.54) is 18.9 Å². The van der Waals surface area contributed by atoms with Crippen molar-refractivity contribution in [1.82, 2.24) is 41.8 Å². The maximum absolute atomic E-state index is 14.3. The van der Waals surface area contributed by atoms with Crippen LogP contribution in [0.2, 0.25) is 0 Å². The van der Waals surface area contributed by atoms with Crippen LogP contribution in [0.5, 0.6) is 5.75 Å². The molecule has 5 rings (SSSR count). The normalized spacial score (nSPS) is 24.3. The van der Waals surface area contributed by atoms with Gasteiger partial charge in [0.2, 0.25) is 41.4 Å². The van der Waals surface area contributed by atoms with Crippen LogP contribution in [0.4, 0.5) is 0 Å². The fourth-order valence-corrected chi connectivity index (χ4v) is 7.20. The Morgan fingerprint density at radius 1 is 0.759 bits per heavy atom. The molecule has 58 heavy (non-hydrogen) atoms. The Kier molecular flexibility index (Phi) is 14.5. The third-order valence-electron chi connectivity index (χ3n) is 10.6. The van der Waals surface area contributed by atoms with E-state index >= 15 is 0 Å². The number of carbonyl (C=O) groups is 7. The van der Waals surface area contributed by atoms with Crippen molar-refractivity contribution < 1.29 is 38.3 Å². The van der Waals surface area contributed by atoms with Crippen LogP contribution >= 0.6 is 0 Å². The predicted octanol–water partition coefficient (Wildman–Crippen LogP) is 1.23. The van der Waals surface area contributed by atoms with Crippen molar-refractivity contribution >= 4 is 52.3 Å². The maximum Gasteiger partial charge on any atom is 0.245 e. The van der Waals surface area contributed by atoms with Crippen molar-refractivity contribution in [3.8, 4) is 5.75 Å². The highest BCUT2D eigenvalue weighted by Crippen LogP contribution is 2.20. The number of nitrogens with zero attached hydrogens (tertiary/aromatic N) is 1. The van der Waals surface area contributed by atoms with Crippen molar-refractivity contribution in [2.24, 2.45) is 11.8 Å². The average molecular weight is 801 g/mol. The SMILES string of the molecule is COc1ccc(C[C@@H]2NC(=O)[C@H](CC(C)C)NC(=O)[C@@H](Cc3c[nH]c4ccccc34)NC(=O)CN(C(=O)[C@@H]3CCC(=O)N3)C[C@H](C(C)C)NC(=O)[C@@H](C)NC2=O)cc1. The van der Waals surface area contributed by atoms with Gasteiger partial charge in [-0.15, -0.1) is 0 Å². The summed E-state index contributed by atoms with van der Waals surface area (Å²) in [6.45, 7) is 8.38. The molecule has 0 aliphatic carbocycles. The topological polar surface area (TPSA) is 220 Å². The van der Waals surface area contributed by atoms with E-state index in [1.54, 1.807) is 30.5 Å². The summed E-state index contributed by atoms with van der Waals surface area (Å²) < 4.78 is 5.28. The second-order valence-corrected chi connectivity index (χ2v) is 16.0. The summed E-state index contributed by atoms with van der Waals surface area (Å²) >= 11 is 0. The van der Waals surface area contributed by atoms with Crippen LogP contribution in [0, 0.1) is 11.8 Å². The van der Waals surface area contributed by atoms with Crippen molar-refractivity contribution in [3.63, 3.8) is 0 Å². The van der Waals surface area contributed by atoms with Crippen molar-refractivity contribution in [3.05, 3.63) is 65.9 Å². The van der Waals surface area contributed by atoms with Gasteiger partial charge in [-0.3, -0.25) is 33.6 Å². The van der Waals surface area contributed by atoms with Gasteiger partial charge in [0.1, 0.15) is 36.0 Å². The fraction of sp³-hybridized carbons (Fsp3) is 0.500. The van der Waals surface area contributed by atoms with Gasteiger partial charge >= 0.3 is 0 Å². The summed E-state index contributed by atoms with van der Waals surface area (Å²) in [5.74, 6) is -3.59. The minimum atomic E-state index is -1.20. The van der Waals surface area contributed by atoms with E-state index < -0.39 is 78.2 Å². The monoisotopic (exact) mass is 800 g/mol. The molecule has 16 heteroatoms. The number of methoxy groups -OCH3 is 1. The zero-order valence-corrected chi connectivity index (χ0v) is 34.0. The minimum Gasteiger partial charge on any atom is -0.497 e. The van der Waals surface area contributed by atoms with Gasteiger partial charge in [0.05, 0.1) is 13.7 Å². The smallest absolute Gasteiger partial charge is 0.245 e. The Labute approximate surface area is 338 Å². The maximum atomic E-state index is 14.3. The van der Waals surface area contributed by atoms with Crippen LogP contribution in [-0.4, -0.2) is 108 Å². The van der Waals surface area contributed by atoms with E-state index in [1.807, 2.05) is 52.0 Å². The predicted molar refractivity (Wildman–Crippen MR) is 216 cm³/mol. The van der Waals surface area contributed by atoms with Gasteiger partial charge in [-0.2, -0.15) is 0 Å². The summed E-state index contributed by atoms with van der Waals surface area (Å²) in [5.41, 5.74) is 2.27. The third-order valence-corrected chi connectivity index (χ3v) is 10.6. The number of ether oxygens (including phenoxy) is 1. The molecule has 2 aromatic carbocycles. The lowest BCUT2D eigenvalue weighted by molar-refractivity contribution is -0.140. The van der Waals surface area contributed by atoms with Gasteiger partial charge < -0.3 is 46.5 Å². The van der Waals surface area contributed by atoms with Gasteiger partial charge in [0, 0.05) is 48.9 Å². The van der Waals surface area contributed by atoms with Crippen LogP contribution in [0.25, 0.3) is 10.9 Å². The molecule has 1 aromatic heterocycles. The highest BCUT2D eigenvalue weighted by molar-refractivity contribution is 5.97. The lowest BCUT2D eigenvalue weighted by Crippen LogP contribution is -2.61. The number of aromatic nitrogens is 1. The number of rotatable bonds is 9. The lowest BCUT2D eigenvalue weighted by Gasteiger charge is -2.33. The first-order valence-corrected chi connectivity index (χ1v) is 19.9. The molecule has 0 saturated carbocycles. The molecule has 7 amide bonds. The largest absolute Gasteiger partial charge is 0.497 e. The molecular formula is C42H56N8O8. The zero-order valence-electron chi connectivity index (χ0n) is 34.0. The summed E-state index contributed by atoms with van der Waals surface area (Å²) in [7, 11) is 1.54. The molecule has 0 unspecified atom stereocenters. The molecular weight excluding hydrogens is 745 g/mol. The number of hydrogen-bond acceptors (Lipinski definition) is 8. The standard InChI is InChI=1S/C42H56N8O8/c1-23(2)17-32-40(55)48-33(18-26-11-13-28(58-6)14-12-26)39(54)44-25(5)38(53)49-35(24(3)4)21-50(42(57)31-15-16-36(51)45-31)22-37(52)46-34(41(56)47-32)19-27-20-43-30-10-8-7-9-29(27)30/h7-14,20,23-25,31-35,43H,15-19,21-22H2,1-6H3,(H,44,54)(H,45,51)(H,46,52)(H,47,56)(H,48,55)(H,49,53)/t25-,31+,32+,33+,34-,35-/m1/s1. The van der Waals surface area contributed by atoms with Crippen molar-refractivity contribution in [2.45, 2.75) is 103 Å². The van der Waals surface area contributed by atoms with Crippen LogP contribution < -0.4 is 36.6 Å². The summed E-state index contributed by atoms with van der Waals surface area (Å²) in [4.78, 5) is 101. The molecule has 3 heterocycles. The number of para-hydroxylation sites is 1. The van der Waals surface area contributed by atoms with Gasteiger partial charge in [0.25, 0.3) is 0 Å². The number of nitrogens with one attached hydrogen (secondary N) is 7. The van der Waals surface area contributed by atoms with Crippen molar-refractivity contribution in [2.75, 3.05) is 20.2 Å². The zero-order chi connectivity index (χ0) is 42.1. The third kappa shape index (κ3) is 11.3. The molecule has 7 N–H and O–H groups in total. The minimum absolute atomic E-state index is 0.0370. The molecule has 2 aliphatic rings. The van der Waals surface area contributed by atoms with Crippen LogP contribution in [0.15, 0.2) is 54.7 Å². The Morgan fingerprint density at radius 3 is 2.07 bits per heavy atom. The van der Waals surface area contributed by atoms with E-state index in [0.717, 1.165) is 16.5 Å². The summed E-state index contributed by atoms with van der Waals surface area (Å²) in [6, 6.07) is 8.42. The van der Waals surface area contributed by atoms with E-state index in [4.69, 9.17) is 4.74 Å². The van der Waals surface area contributed by atoms with Gasteiger partial charge in [-0.25, -0.2) is 0 Å². The van der Waals surface area contributed by atoms with Gasteiger partial charge in [-0.1, -0.05) is 58.0 Å². The number of carbonyl (C=O) groups excluding carboxylic acids is 7. The van der Waals surface area contributed by atoms with E-state index in [9.17, 15) is 33.6 Å². The quantitative estimate of drug-likeness (QED) is 0.167. The van der Waals surface area contributed by atoms with E-state index in [-0.39, 0.29) is 56.4 Å². The Bertz CT molecular complexity index is 1980. The Balaban J connectivity index is 1.53. The number of benzene rings is 2. The molecule has 2 saturated heterocycles. The first-order chi connectivity index (χ1) is 27.6. The van der Waals surface area contributed by atoms with E-state index in [0.29, 0.717) is 11.3 Å². The number of aromatic amines is 1. The van der Waals surface area contributed by atoms with Gasteiger partial charge in [0.15, 0.2) is 0 Å². The summed E-state index contributed by atoms with van der Waals surface area (Å²) in [5, 5.41) is 17.7. The molecule has 2 aliphatic heterocycles. The first-order valence-electron chi connectivity index (χ1n) is 19.9. The average Bonchev–Trinajstić information content (AvgIpc) is 3.81. The Hall–Kier alpha value is -5.93. The lowest BCUT2D eigenvalue weighted by atomic mass is 9.99. The van der Waals surface area contributed by atoms with Crippen LogP contribution in [0.3, 0.4) is 0 Å². The van der Waals surface area contributed by atoms with Gasteiger partial charge in [-0.05, 0) is 60.9 Å². The van der Waals surface area contributed by atoms with Crippen LogP contribution in [0.1, 0.15) is 65.0 Å². The second kappa shape index (κ2) is 19.5. The molecule has 0 spiro atoms. The highest BCUT2D eigenvalue weighted by Gasteiger charge is 2.36. The molecule has 3 aromatic rings. The first kappa shape index (κ1) is 43.2. The fourth-order valence-electron chi connectivity index (χ4n) is 7.20. The summed E-state index contributed by atoms with van der Waals surface area (Å²) in [6.07, 6.45) is 2.44. The number of H-pyrrole nitrogens is 1. The molecule has 312 valence electrons.